The predicted octanol–water partition coefficient (Wildman–Crippen LogP) is 2.73. The minimum atomic E-state index is -0.553. The summed E-state index contributed by atoms with van der Waals surface area (Å²) in [6.45, 7) is 0. The van der Waals surface area contributed by atoms with E-state index in [4.69, 9.17) is 0 Å². The van der Waals surface area contributed by atoms with E-state index >= 15 is 0 Å². The quantitative estimate of drug-likeness (QED) is 0.619. The average molecular weight is 412 g/mol. The van der Waals surface area contributed by atoms with Crippen LogP contribution in [0.1, 0.15) is 6.42 Å². The van der Waals surface area contributed by atoms with Crippen molar-refractivity contribution in [2.45, 2.75) is 11.7 Å². The van der Waals surface area contributed by atoms with Gasteiger partial charge in [-0.25, -0.2) is 4.90 Å². The Morgan fingerprint density at radius 1 is 1.14 bits per heavy atom. The highest BCUT2D eigenvalue weighted by Crippen LogP contribution is 2.29. The van der Waals surface area contributed by atoms with Crippen LogP contribution in [-0.2, 0) is 21.4 Å². The normalized spacial score (nSPS) is 17.7. The van der Waals surface area contributed by atoms with Crippen LogP contribution in [0, 0.1) is 0 Å². The van der Waals surface area contributed by atoms with Crippen molar-refractivity contribution in [2.24, 2.45) is 12.0 Å². The number of aryl methyl sites for hydroxylation is 1. The molecule has 2 heterocycles. The summed E-state index contributed by atoms with van der Waals surface area (Å²) in [5.41, 5.74) is 1.58. The zero-order valence-corrected chi connectivity index (χ0v) is 16.7. The Hall–Kier alpha value is -2.71. The van der Waals surface area contributed by atoms with Gasteiger partial charge in [-0.15, -0.1) is 11.8 Å². The molecule has 1 fully saturated rings. The maximum Gasteiger partial charge on any atom is 0.258 e. The third-order valence-corrected chi connectivity index (χ3v) is 6.76. The van der Waals surface area contributed by atoms with E-state index in [2.05, 4.69) is 4.99 Å². The van der Waals surface area contributed by atoms with Crippen LogP contribution in [0.4, 0.5) is 5.69 Å². The maximum atomic E-state index is 12.6. The van der Waals surface area contributed by atoms with Crippen molar-refractivity contribution in [2.75, 3.05) is 10.7 Å². The Kier molecular flexibility index (Phi) is 5.15. The Balaban J connectivity index is 1.46. The lowest BCUT2D eigenvalue weighted by Gasteiger charge is -2.14. The van der Waals surface area contributed by atoms with E-state index in [-0.39, 0.29) is 29.9 Å². The van der Waals surface area contributed by atoms with Crippen molar-refractivity contribution in [3.8, 4) is 0 Å². The number of carbonyl (C=O) groups excluding carboxylic acids is 3. The molecule has 0 radical (unpaired) electrons. The first-order valence-corrected chi connectivity index (χ1v) is 10.6. The summed E-state index contributed by atoms with van der Waals surface area (Å²) < 4.78 is 2.93. The first kappa shape index (κ1) is 18.6. The fourth-order valence-corrected chi connectivity index (χ4v) is 5.03. The highest BCUT2D eigenvalue weighted by Gasteiger charge is 2.39. The van der Waals surface area contributed by atoms with Crippen LogP contribution in [-0.4, -0.2) is 33.3 Å². The van der Waals surface area contributed by atoms with Gasteiger partial charge in [0.1, 0.15) is 0 Å². The molecule has 0 spiro atoms. The van der Waals surface area contributed by atoms with Crippen LogP contribution in [0.5, 0.6) is 0 Å². The lowest BCUT2D eigenvalue weighted by atomic mass is 10.3. The number of fused-ring (bicyclic) bond motifs is 1. The van der Waals surface area contributed by atoms with Crippen molar-refractivity contribution >= 4 is 56.7 Å². The Morgan fingerprint density at radius 3 is 2.61 bits per heavy atom. The van der Waals surface area contributed by atoms with Crippen molar-refractivity contribution in [3.05, 3.63) is 59.4 Å². The highest BCUT2D eigenvalue weighted by atomic mass is 32.2. The first-order valence-electron chi connectivity index (χ1n) is 8.70. The fourth-order valence-electron chi connectivity index (χ4n) is 3.08. The van der Waals surface area contributed by atoms with Crippen molar-refractivity contribution < 1.29 is 14.4 Å². The van der Waals surface area contributed by atoms with Gasteiger partial charge in [0.25, 0.3) is 5.91 Å². The van der Waals surface area contributed by atoms with Gasteiger partial charge < -0.3 is 4.57 Å². The largest absolute Gasteiger partial charge is 0.319 e. The van der Waals surface area contributed by atoms with Gasteiger partial charge in [0.15, 0.2) is 4.80 Å². The van der Waals surface area contributed by atoms with Gasteiger partial charge >= 0.3 is 0 Å². The van der Waals surface area contributed by atoms with Crippen molar-refractivity contribution in [1.82, 2.24) is 4.57 Å². The predicted molar refractivity (Wildman–Crippen MR) is 111 cm³/mol. The molecule has 1 saturated heterocycles. The standard InChI is InChI=1S/C20H17N3O3S2/c1-22-14-9-5-6-10-15(14)28-20(22)21-17(24)12-27-16-11-18(25)23(19(16)26)13-7-3-2-4-8-13/h2-10,16H,11-12H2,1H3/t16-/m1/s1. The second-order valence-corrected chi connectivity index (χ2v) is 8.52. The topological polar surface area (TPSA) is 71.7 Å². The number of para-hydroxylation sites is 2. The number of rotatable bonds is 4. The number of nitrogens with zero attached hydrogens (tertiary/aromatic N) is 3. The van der Waals surface area contributed by atoms with E-state index in [1.807, 2.05) is 41.9 Å². The number of thioether (sulfide) groups is 1. The molecule has 4 rings (SSSR count). The van der Waals surface area contributed by atoms with Gasteiger partial charge in [-0.3, -0.25) is 14.4 Å². The molecule has 3 amide bonds. The van der Waals surface area contributed by atoms with Gasteiger partial charge in [-0.05, 0) is 24.3 Å². The zero-order chi connectivity index (χ0) is 19.7. The second-order valence-electron chi connectivity index (χ2n) is 6.32. The van der Waals surface area contributed by atoms with Crippen LogP contribution < -0.4 is 9.70 Å². The SMILES string of the molecule is Cn1c(=NC(=O)CS[C@@H]2CC(=O)N(c3ccccc3)C2=O)sc2ccccc21. The van der Waals surface area contributed by atoms with E-state index in [9.17, 15) is 14.4 Å². The number of anilines is 1. The summed E-state index contributed by atoms with van der Waals surface area (Å²) in [6, 6.07) is 16.7. The molecule has 0 saturated carbocycles. The summed E-state index contributed by atoms with van der Waals surface area (Å²) >= 11 is 2.62. The summed E-state index contributed by atoms with van der Waals surface area (Å²) in [5, 5.41) is -0.553. The van der Waals surface area contributed by atoms with E-state index < -0.39 is 5.25 Å². The molecule has 2 aromatic carbocycles. The van der Waals surface area contributed by atoms with Crippen LogP contribution in [0.15, 0.2) is 59.6 Å². The third-order valence-electron chi connectivity index (χ3n) is 4.46. The monoisotopic (exact) mass is 411 g/mol. The molecular weight excluding hydrogens is 394 g/mol. The molecule has 0 bridgehead atoms. The van der Waals surface area contributed by atoms with Gasteiger partial charge in [0, 0.05) is 13.5 Å². The summed E-state index contributed by atoms with van der Waals surface area (Å²) in [4.78, 5) is 43.2. The van der Waals surface area contributed by atoms with E-state index in [0.29, 0.717) is 10.5 Å². The molecule has 1 aliphatic heterocycles. The number of imide groups is 1. The Labute approximate surface area is 169 Å². The Morgan fingerprint density at radius 2 is 1.86 bits per heavy atom. The molecule has 1 aromatic heterocycles. The van der Waals surface area contributed by atoms with Gasteiger partial charge in [0.2, 0.25) is 11.8 Å². The Bertz CT molecular complexity index is 1130. The number of hydrogen-bond acceptors (Lipinski definition) is 5. The number of carbonyl (C=O) groups is 3. The number of thiazole rings is 1. The van der Waals surface area contributed by atoms with Crippen LogP contribution in [0.2, 0.25) is 0 Å². The van der Waals surface area contributed by atoms with Crippen LogP contribution in [0.25, 0.3) is 10.2 Å². The third kappa shape index (κ3) is 3.53. The lowest BCUT2D eigenvalue weighted by molar-refractivity contribution is -0.121. The van der Waals surface area contributed by atoms with Crippen LogP contribution >= 0.6 is 23.1 Å². The smallest absolute Gasteiger partial charge is 0.258 e. The first-order chi connectivity index (χ1) is 13.5. The van der Waals surface area contributed by atoms with Gasteiger partial charge in [-0.2, -0.15) is 4.99 Å². The van der Waals surface area contributed by atoms with E-state index in [0.717, 1.165) is 10.2 Å². The summed E-state index contributed by atoms with van der Waals surface area (Å²) in [7, 11) is 1.87. The van der Waals surface area contributed by atoms with Gasteiger partial charge in [-0.1, -0.05) is 41.7 Å². The molecule has 1 aliphatic rings. The maximum absolute atomic E-state index is 12.6. The molecule has 6 nitrogen and oxygen atoms in total. The molecular formula is C20H17N3O3S2. The zero-order valence-electron chi connectivity index (χ0n) is 15.1. The number of benzene rings is 2. The molecule has 0 N–H and O–H groups in total. The van der Waals surface area contributed by atoms with Crippen molar-refractivity contribution in [3.63, 3.8) is 0 Å². The molecule has 142 valence electrons. The summed E-state index contributed by atoms with van der Waals surface area (Å²) in [6.07, 6.45) is 0.0995. The number of amides is 3. The molecule has 1 atom stereocenters. The average Bonchev–Trinajstić information content (AvgIpc) is 3.17. The van der Waals surface area contributed by atoms with E-state index in [1.54, 1.807) is 24.3 Å². The lowest BCUT2D eigenvalue weighted by Crippen LogP contribution is -2.31. The number of aromatic nitrogens is 1. The molecule has 28 heavy (non-hydrogen) atoms. The molecule has 8 heteroatoms. The molecule has 0 unspecified atom stereocenters. The van der Waals surface area contributed by atoms with Crippen LogP contribution in [0.3, 0.4) is 0 Å². The minimum Gasteiger partial charge on any atom is -0.319 e. The van der Waals surface area contributed by atoms with E-state index in [1.165, 1.54) is 28.0 Å². The second kappa shape index (κ2) is 7.73. The molecule has 0 aliphatic carbocycles. The fraction of sp³-hybridized carbons (Fsp3) is 0.200. The number of hydrogen-bond donors (Lipinski definition) is 0. The highest BCUT2D eigenvalue weighted by molar-refractivity contribution is 8.01. The molecule has 3 aromatic rings. The summed E-state index contributed by atoms with van der Waals surface area (Å²) in [5.74, 6) is -0.776. The van der Waals surface area contributed by atoms with Gasteiger partial charge in [0.05, 0.1) is 26.9 Å². The minimum absolute atomic E-state index is 0.0561. The van der Waals surface area contributed by atoms with Crippen molar-refractivity contribution in [1.29, 1.82) is 0 Å².